The molecule has 0 heterocycles. The van der Waals surface area contributed by atoms with Gasteiger partial charge in [0, 0.05) is 12.5 Å². The van der Waals surface area contributed by atoms with Crippen LogP contribution >= 0.6 is 23.8 Å². The second kappa shape index (κ2) is 5.41. The molecular weight excluding hydrogens is 256 g/mol. The number of hydrogen-bond donors (Lipinski definition) is 1. The fraction of sp³-hybridized carbons (Fsp3) is 0.333. The first-order chi connectivity index (χ1) is 8.20. The number of halogens is 1. The molecule has 1 amide bonds. The predicted octanol–water partition coefficient (Wildman–Crippen LogP) is 3.10. The summed E-state index contributed by atoms with van der Waals surface area (Å²) >= 11 is 10.5. The lowest BCUT2D eigenvalue weighted by molar-refractivity contribution is -0.122. The van der Waals surface area contributed by atoms with Gasteiger partial charge in [0.25, 0.3) is 0 Å². The molecule has 88 valence electrons. The summed E-state index contributed by atoms with van der Waals surface area (Å²) in [5, 5.41) is 5.69. The molecular formula is C12H11ClN2OS. The van der Waals surface area contributed by atoms with Gasteiger partial charge in [-0.2, -0.15) is 4.99 Å². The van der Waals surface area contributed by atoms with Gasteiger partial charge in [0.15, 0.2) is 0 Å². The smallest absolute Gasteiger partial charge is 0.223 e. The Morgan fingerprint density at radius 2 is 2.35 bits per heavy atom. The maximum absolute atomic E-state index is 11.5. The topological polar surface area (TPSA) is 41.5 Å². The molecule has 0 spiro atoms. The van der Waals surface area contributed by atoms with Gasteiger partial charge in [-0.25, -0.2) is 0 Å². The molecule has 0 unspecified atom stereocenters. The van der Waals surface area contributed by atoms with Crippen molar-refractivity contribution in [1.82, 2.24) is 5.32 Å². The van der Waals surface area contributed by atoms with Gasteiger partial charge in [-0.05, 0) is 42.8 Å². The minimum Gasteiger partial charge on any atom is -0.352 e. The Hall–Kier alpha value is -1.22. The summed E-state index contributed by atoms with van der Waals surface area (Å²) in [6.07, 6.45) is 2.01. The number of carbonyl (C=O) groups excluding carboxylic acids is 1. The number of benzene rings is 1. The molecule has 3 nitrogen and oxygen atoms in total. The Morgan fingerprint density at radius 3 is 3.00 bits per heavy atom. The second-order valence-electron chi connectivity index (χ2n) is 3.98. The first-order valence-electron chi connectivity index (χ1n) is 5.34. The number of thiocarbonyl (C=S) groups is 1. The van der Waals surface area contributed by atoms with Crippen LogP contribution in [0, 0.1) is 5.92 Å². The Bertz CT molecular complexity index is 493. The van der Waals surface area contributed by atoms with E-state index in [-0.39, 0.29) is 11.8 Å². The van der Waals surface area contributed by atoms with Crippen LogP contribution in [0.25, 0.3) is 0 Å². The molecule has 0 atom stereocenters. The fourth-order valence-corrected chi connectivity index (χ4v) is 1.74. The van der Waals surface area contributed by atoms with E-state index >= 15 is 0 Å². The average molecular weight is 267 g/mol. The van der Waals surface area contributed by atoms with Gasteiger partial charge < -0.3 is 5.32 Å². The van der Waals surface area contributed by atoms with Crippen molar-refractivity contribution in [3.8, 4) is 0 Å². The van der Waals surface area contributed by atoms with Crippen molar-refractivity contribution >= 4 is 40.6 Å². The van der Waals surface area contributed by atoms with E-state index in [1.54, 1.807) is 12.1 Å². The summed E-state index contributed by atoms with van der Waals surface area (Å²) in [6.45, 7) is 0.493. The van der Waals surface area contributed by atoms with Crippen LogP contribution in [0.15, 0.2) is 23.2 Å². The second-order valence-corrected chi connectivity index (χ2v) is 4.57. The van der Waals surface area contributed by atoms with Gasteiger partial charge in [-0.1, -0.05) is 17.7 Å². The van der Waals surface area contributed by atoms with Crippen molar-refractivity contribution in [2.24, 2.45) is 10.9 Å². The first-order valence-corrected chi connectivity index (χ1v) is 6.13. The predicted molar refractivity (Wildman–Crippen MR) is 70.7 cm³/mol. The zero-order valence-electron chi connectivity index (χ0n) is 9.07. The lowest BCUT2D eigenvalue weighted by Gasteiger charge is -2.05. The average Bonchev–Trinajstić information content (AvgIpc) is 3.14. The quantitative estimate of drug-likeness (QED) is 0.672. The molecule has 0 radical (unpaired) electrons. The molecule has 0 aliphatic heterocycles. The lowest BCUT2D eigenvalue weighted by Crippen LogP contribution is -2.24. The van der Waals surface area contributed by atoms with Gasteiger partial charge in [0.2, 0.25) is 5.91 Å². The fourth-order valence-electron chi connectivity index (χ4n) is 1.48. The molecule has 0 aromatic heterocycles. The van der Waals surface area contributed by atoms with E-state index in [1.807, 2.05) is 6.07 Å². The minimum atomic E-state index is 0.125. The molecule has 1 fully saturated rings. The number of aliphatic imine (C=N–C) groups is 1. The molecule has 1 N–H and O–H groups in total. The van der Waals surface area contributed by atoms with Crippen molar-refractivity contribution < 1.29 is 4.79 Å². The van der Waals surface area contributed by atoms with Crippen LogP contribution < -0.4 is 5.32 Å². The Morgan fingerprint density at radius 1 is 1.59 bits per heavy atom. The third-order valence-electron chi connectivity index (χ3n) is 2.59. The number of carbonyl (C=O) groups is 1. The summed E-state index contributed by atoms with van der Waals surface area (Å²) in [7, 11) is 0. The molecule has 2 rings (SSSR count). The van der Waals surface area contributed by atoms with E-state index in [0.29, 0.717) is 17.3 Å². The molecule has 1 aromatic carbocycles. The number of rotatable bonds is 4. The van der Waals surface area contributed by atoms with E-state index in [4.69, 9.17) is 11.6 Å². The molecule has 1 saturated carbocycles. The molecule has 1 aliphatic rings. The van der Waals surface area contributed by atoms with Crippen LogP contribution in [-0.2, 0) is 11.3 Å². The molecule has 5 heteroatoms. The number of isothiocyanates is 1. The van der Waals surface area contributed by atoms with Crippen LogP contribution in [0.5, 0.6) is 0 Å². The highest BCUT2D eigenvalue weighted by molar-refractivity contribution is 7.78. The van der Waals surface area contributed by atoms with Crippen molar-refractivity contribution in [3.05, 3.63) is 28.8 Å². The zero-order chi connectivity index (χ0) is 12.3. The lowest BCUT2D eigenvalue weighted by atomic mass is 10.2. The number of amides is 1. The van der Waals surface area contributed by atoms with Crippen molar-refractivity contribution in [3.63, 3.8) is 0 Å². The summed E-state index contributed by atoms with van der Waals surface area (Å²) < 4.78 is 0. The third kappa shape index (κ3) is 3.37. The first kappa shape index (κ1) is 12.2. The molecule has 0 saturated heterocycles. The van der Waals surface area contributed by atoms with Gasteiger partial charge in [0.05, 0.1) is 15.9 Å². The molecule has 1 aliphatic carbocycles. The number of nitrogens with zero attached hydrogens (tertiary/aromatic N) is 1. The van der Waals surface area contributed by atoms with Gasteiger partial charge in [-0.3, -0.25) is 4.79 Å². The van der Waals surface area contributed by atoms with Crippen molar-refractivity contribution in [2.45, 2.75) is 19.4 Å². The summed E-state index contributed by atoms with van der Waals surface area (Å²) in [5.74, 6) is 0.348. The zero-order valence-corrected chi connectivity index (χ0v) is 10.6. The summed E-state index contributed by atoms with van der Waals surface area (Å²) in [5.41, 5.74) is 1.53. The van der Waals surface area contributed by atoms with E-state index < -0.39 is 0 Å². The molecule has 17 heavy (non-hydrogen) atoms. The van der Waals surface area contributed by atoms with E-state index in [9.17, 15) is 4.79 Å². The third-order valence-corrected chi connectivity index (χ3v) is 3.00. The van der Waals surface area contributed by atoms with Gasteiger partial charge in [-0.15, -0.1) is 0 Å². The van der Waals surface area contributed by atoms with Crippen molar-refractivity contribution in [2.75, 3.05) is 0 Å². The number of nitrogens with one attached hydrogen (secondary N) is 1. The Labute approximate surface area is 110 Å². The SMILES string of the molecule is O=C(NCc1ccc(Cl)c(N=C=S)c1)C1CC1. The van der Waals surface area contributed by atoms with Crippen LogP contribution in [-0.4, -0.2) is 11.1 Å². The highest BCUT2D eigenvalue weighted by Crippen LogP contribution is 2.29. The summed E-state index contributed by atoms with van der Waals surface area (Å²) in [6, 6.07) is 5.40. The standard InChI is InChI=1S/C12H11ClN2OS/c13-10-4-1-8(5-11(10)15-7-17)6-14-12(16)9-2-3-9/h1,4-5,9H,2-3,6H2,(H,14,16). The largest absolute Gasteiger partial charge is 0.352 e. The van der Waals surface area contributed by atoms with E-state index in [2.05, 4.69) is 27.7 Å². The normalized spacial score (nSPS) is 13.9. The van der Waals surface area contributed by atoms with Crippen LogP contribution in [0.1, 0.15) is 18.4 Å². The van der Waals surface area contributed by atoms with Gasteiger partial charge >= 0.3 is 0 Å². The highest BCUT2D eigenvalue weighted by Gasteiger charge is 2.29. The van der Waals surface area contributed by atoms with E-state index in [0.717, 1.165) is 18.4 Å². The van der Waals surface area contributed by atoms with Crippen molar-refractivity contribution in [1.29, 1.82) is 0 Å². The maximum Gasteiger partial charge on any atom is 0.223 e. The van der Waals surface area contributed by atoms with Crippen LogP contribution in [0.3, 0.4) is 0 Å². The van der Waals surface area contributed by atoms with E-state index in [1.165, 1.54) is 0 Å². The van der Waals surface area contributed by atoms with Crippen LogP contribution in [0.4, 0.5) is 5.69 Å². The molecule has 1 aromatic rings. The Balaban J connectivity index is 2.02. The molecule has 0 bridgehead atoms. The van der Waals surface area contributed by atoms with Crippen LogP contribution in [0.2, 0.25) is 5.02 Å². The van der Waals surface area contributed by atoms with Gasteiger partial charge in [0.1, 0.15) is 0 Å². The minimum absolute atomic E-state index is 0.125. The Kier molecular flexibility index (Phi) is 3.89. The summed E-state index contributed by atoms with van der Waals surface area (Å²) in [4.78, 5) is 15.3. The monoisotopic (exact) mass is 266 g/mol. The highest BCUT2D eigenvalue weighted by atomic mass is 35.5. The maximum atomic E-state index is 11.5. The number of hydrogen-bond acceptors (Lipinski definition) is 3.